The number of hydrogen-bond donors (Lipinski definition) is 0. The van der Waals surface area contributed by atoms with Gasteiger partial charge in [0.2, 0.25) is 5.91 Å². The standard InChI is InChI=1S/C21H19Cl2FN2O2/c22-18-4-2-1-3-14(18)16-12-17(16)21(28)26-9-7-25(8-10-26)20(27)15-6-5-13(24)11-19(15)23/h1-6,11,16-17H,7-10,12H2. The van der Waals surface area contributed by atoms with Crippen molar-refractivity contribution < 1.29 is 14.0 Å². The predicted molar refractivity (Wildman–Crippen MR) is 106 cm³/mol. The van der Waals surface area contributed by atoms with E-state index in [2.05, 4.69) is 0 Å². The van der Waals surface area contributed by atoms with Gasteiger partial charge in [0.15, 0.2) is 0 Å². The van der Waals surface area contributed by atoms with E-state index in [1.165, 1.54) is 12.1 Å². The fourth-order valence-electron chi connectivity index (χ4n) is 3.79. The summed E-state index contributed by atoms with van der Waals surface area (Å²) in [5, 5.41) is 0.804. The van der Waals surface area contributed by atoms with E-state index in [-0.39, 0.29) is 34.2 Å². The number of amides is 2. The minimum Gasteiger partial charge on any atom is -0.339 e. The second-order valence-corrected chi connectivity index (χ2v) is 8.03. The van der Waals surface area contributed by atoms with Crippen molar-refractivity contribution in [2.45, 2.75) is 12.3 Å². The normalized spacial score (nSPS) is 21.5. The lowest BCUT2D eigenvalue weighted by molar-refractivity contribution is -0.134. The Kier molecular flexibility index (Phi) is 5.30. The molecular weight excluding hydrogens is 402 g/mol. The first-order valence-electron chi connectivity index (χ1n) is 9.23. The number of halogens is 3. The summed E-state index contributed by atoms with van der Waals surface area (Å²) in [5.74, 6) is -0.448. The molecule has 2 amide bonds. The van der Waals surface area contributed by atoms with Gasteiger partial charge in [-0.25, -0.2) is 4.39 Å². The number of piperazine rings is 1. The van der Waals surface area contributed by atoms with Crippen LogP contribution in [0.15, 0.2) is 42.5 Å². The molecule has 1 saturated heterocycles. The van der Waals surface area contributed by atoms with Crippen molar-refractivity contribution in [3.05, 3.63) is 69.5 Å². The first kappa shape index (κ1) is 19.2. The van der Waals surface area contributed by atoms with E-state index < -0.39 is 5.82 Å². The Morgan fingerprint density at radius 3 is 2.29 bits per heavy atom. The van der Waals surface area contributed by atoms with E-state index >= 15 is 0 Å². The molecule has 4 nitrogen and oxygen atoms in total. The first-order chi connectivity index (χ1) is 13.5. The van der Waals surface area contributed by atoms with Crippen LogP contribution in [0.1, 0.15) is 28.3 Å². The van der Waals surface area contributed by atoms with E-state index in [1.807, 2.05) is 29.2 Å². The zero-order chi connectivity index (χ0) is 19.8. The molecule has 0 radical (unpaired) electrons. The van der Waals surface area contributed by atoms with E-state index in [0.717, 1.165) is 18.1 Å². The minimum atomic E-state index is -0.477. The fraction of sp³-hybridized carbons (Fsp3) is 0.333. The molecule has 2 unspecified atom stereocenters. The highest BCUT2D eigenvalue weighted by molar-refractivity contribution is 6.33. The van der Waals surface area contributed by atoms with Gasteiger partial charge in [-0.05, 0) is 42.2 Å². The van der Waals surface area contributed by atoms with Crippen LogP contribution in [0.5, 0.6) is 0 Å². The number of hydrogen-bond acceptors (Lipinski definition) is 2. The van der Waals surface area contributed by atoms with Gasteiger partial charge in [-0.3, -0.25) is 9.59 Å². The summed E-state index contributed by atoms with van der Waals surface area (Å²) in [6.45, 7) is 1.83. The number of rotatable bonds is 3. The quantitative estimate of drug-likeness (QED) is 0.745. The molecule has 7 heteroatoms. The van der Waals surface area contributed by atoms with Gasteiger partial charge in [-0.2, -0.15) is 0 Å². The van der Waals surface area contributed by atoms with Crippen molar-refractivity contribution in [3.8, 4) is 0 Å². The van der Waals surface area contributed by atoms with Crippen molar-refractivity contribution >= 4 is 35.0 Å². The molecule has 28 heavy (non-hydrogen) atoms. The van der Waals surface area contributed by atoms with Crippen molar-refractivity contribution in [3.63, 3.8) is 0 Å². The molecule has 146 valence electrons. The maximum Gasteiger partial charge on any atom is 0.255 e. The Bertz CT molecular complexity index is 928. The van der Waals surface area contributed by atoms with Gasteiger partial charge in [0.1, 0.15) is 5.82 Å². The minimum absolute atomic E-state index is 0.0336. The van der Waals surface area contributed by atoms with Gasteiger partial charge >= 0.3 is 0 Å². The van der Waals surface area contributed by atoms with Gasteiger partial charge in [-0.15, -0.1) is 0 Å². The molecule has 1 aliphatic heterocycles. The molecule has 0 spiro atoms. The van der Waals surface area contributed by atoms with Crippen LogP contribution >= 0.6 is 23.2 Å². The van der Waals surface area contributed by atoms with Crippen LogP contribution < -0.4 is 0 Å². The summed E-state index contributed by atoms with van der Waals surface area (Å²) in [6, 6.07) is 11.4. The van der Waals surface area contributed by atoms with Gasteiger partial charge in [0.25, 0.3) is 5.91 Å². The summed E-state index contributed by atoms with van der Waals surface area (Å²) in [7, 11) is 0. The lowest BCUT2D eigenvalue weighted by Crippen LogP contribution is -2.51. The fourth-order valence-corrected chi connectivity index (χ4v) is 4.31. The Labute approximate surface area is 172 Å². The van der Waals surface area contributed by atoms with Crippen molar-refractivity contribution in [1.82, 2.24) is 9.80 Å². The highest BCUT2D eigenvalue weighted by Gasteiger charge is 2.47. The molecule has 2 atom stereocenters. The molecule has 1 saturated carbocycles. The SMILES string of the molecule is O=C(c1ccc(F)cc1Cl)N1CCN(C(=O)C2CC2c2ccccc2Cl)CC1. The summed E-state index contributed by atoms with van der Waals surface area (Å²) < 4.78 is 13.2. The summed E-state index contributed by atoms with van der Waals surface area (Å²) in [6.07, 6.45) is 0.812. The Morgan fingerprint density at radius 2 is 1.61 bits per heavy atom. The Balaban J connectivity index is 1.35. The van der Waals surface area contributed by atoms with Gasteiger partial charge in [-0.1, -0.05) is 41.4 Å². The maximum absolute atomic E-state index is 13.2. The lowest BCUT2D eigenvalue weighted by Gasteiger charge is -2.35. The summed E-state index contributed by atoms with van der Waals surface area (Å²) in [4.78, 5) is 28.9. The predicted octanol–water partition coefficient (Wildman–Crippen LogP) is 4.22. The van der Waals surface area contributed by atoms with Crippen LogP contribution in [0.4, 0.5) is 4.39 Å². The third-order valence-electron chi connectivity index (χ3n) is 5.45. The van der Waals surface area contributed by atoms with Crippen LogP contribution in [0.25, 0.3) is 0 Å². The largest absolute Gasteiger partial charge is 0.339 e. The van der Waals surface area contributed by atoms with Crippen LogP contribution in [0.2, 0.25) is 10.0 Å². The molecule has 2 aliphatic rings. The second-order valence-electron chi connectivity index (χ2n) is 7.21. The zero-order valence-corrected chi connectivity index (χ0v) is 16.6. The number of benzene rings is 2. The molecule has 2 aromatic carbocycles. The molecule has 2 aromatic rings. The van der Waals surface area contributed by atoms with Crippen molar-refractivity contribution in [2.24, 2.45) is 5.92 Å². The molecule has 1 heterocycles. The van der Waals surface area contributed by atoms with E-state index in [4.69, 9.17) is 23.2 Å². The van der Waals surface area contributed by atoms with Gasteiger partial charge in [0, 0.05) is 37.1 Å². The lowest BCUT2D eigenvalue weighted by atomic mass is 10.1. The van der Waals surface area contributed by atoms with E-state index in [0.29, 0.717) is 31.2 Å². The van der Waals surface area contributed by atoms with Crippen LogP contribution in [-0.4, -0.2) is 47.8 Å². The molecule has 4 rings (SSSR count). The van der Waals surface area contributed by atoms with Crippen LogP contribution in [0.3, 0.4) is 0 Å². The first-order valence-corrected chi connectivity index (χ1v) is 9.99. The third kappa shape index (κ3) is 3.74. The van der Waals surface area contributed by atoms with Gasteiger partial charge in [0.05, 0.1) is 10.6 Å². The molecule has 0 aromatic heterocycles. The Morgan fingerprint density at radius 1 is 0.929 bits per heavy atom. The average Bonchev–Trinajstić information content (AvgIpc) is 3.48. The topological polar surface area (TPSA) is 40.6 Å². The molecule has 0 bridgehead atoms. The molecule has 2 fully saturated rings. The second kappa shape index (κ2) is 7.72. The van der Waals surface area contributed by atoms with Crippen LogP contribution in [0, 0.1) is 11.7 Å². The van der Waals surface area contributed by atoms with E-state index in [9.17, 15) is 14.0 Å². The highest BCUT2D eigenvalue weighted by Crippen LogP contribution is 2.50. The summed E-state index contributed by atoms with van der Waals surface area (Å²) >= 11 is 12.2. The van der Waals surface area contributed by atoms with Gasteiger partial charge < -0.3 is 9.80 Å². The molecular formula is C21H19Cl2FN2O2. The zero-order valence-electron chi connectivity index (χ0n) is 15.1. The Hall–Kier alpha value is -2.11. The number of carbonyl (C=O) groups is 2. The third-order valence-corrected chi connectivity index (χ3v) is 6.11. The average molecular weight is 421 g/mol. The number of nitrogens with zero attached hydrogens (tertiary/aromatic N) is 2. The molecule has 1 aliphatic carbocycles. The van der Waals surface area contributed by atoms with Crippen molar-refractivity contribution in [2.75, 3.05) is 26.2 Å². The maximum atomic E-state index is 13.2. The van der Waals surface area contributed by atoms with Crippen molar-refractivity contribution in [1.29, 1.82) is 0 Å². The monoisotopic (exact) mass is 420 g/mol. The summed E-state index contributed by atoms with van der Waals surface area (Å²) in [5.41, 5.74) is 1.31. The smallest absolute Gasteiger partial charge is 0.255 e. The highest BCUT2D eigenvalue weighted by atomic mass is 35.5. The molecule has 0 N–H and O–H groups in total. The van der Waals surface area contributed by atoms with E-state index in [1.54, 1.807) is 4.90 Å². The number of carbonyl (C=O) groups excluding carboxylic acids is 2. The van der Waals surface area contributed by atoms with Crippen LogP contribution in [-0.2, 0) is 4.79 Å².